The number of carbonyl (C=O) groups is 1. The summed E-state index contributed by atoms with van der Waals surface area (Å²) in [5.74, 6) is -1.13. The Hall–Kier alpha value is -0.810. The molecule has 0 aromatic carbocycles. The van der Waals surface area contributed by atoms with E-state index in [1.165, 1.54) is 11.4 Å². The molecule has 6 nitrogen and oxygen atoms in total. The lowest BCUT2D eigenvalue weighted by atomic mass is 10.4. The van der Waals surface area contributed by atoms with Gasteiger partial charge in [0.2, 0.25) is 0 Å². The van der Waals surface area contributed by atoms with Gasteiger partial charge in [0.1, 0.15) is 9.22 Å². The van der Waals surface area contributed by atoms with Crippen LogP contribution in [0.2, 0.25) is 0 Å². The molecule has 0 amide bonds. The van der Waals surface area contributed by atoms with Crippen LogP contribution in [0.3, 0.4) is 0 Å². The molecule has 2 aromatic heterocycles. The van der Waals surface area contributed by atoms with Crippen LogP contribution in [0.15, 0.2) is 25.5 Å². The number of sulfonamides is 1. The molecule has 2 rings (SSSR count). The Labute approximate surface area is 131 Å². The Morgan fingerprint density at radius 2 is 2.20 bits per heavy atom. The van der Waals surface area contributed by atoms with E-state index in [9.17, 15) is 13.2 Å². The smallest absolute Gasteiger partial charge is 0.355 e. The number of nitrogens with zero attached hydrogens (tertiary/aromatic N) is 1. The second kappa shape index (κ2) is 5.90. The van der Waals surface area contributed by atoms with Crippen molar-refractivity contribution < 1.29 is 18.3 Å². The van der Waals surface area contributed by atoms with Crippen LogP contribution in [0.1, 0.15) is 28.5 Å². The van der Waals surface area contributed by atoms with Gasteiger partial charge < -0.3 is 5.11 Å². The number of aromatic nitrogens is 1. The first-order valence-electron chi connectivity index (χ1n) is 5.26. The minimum absolute atomic E-state index is 0.0880. The van der Waals surface area contributed by atoms with E-state index in [1.807, 2.05) is 0 Å². The number of thiazole rings is 1. The van der Waals surface area contributed by atoms with Gasteiger partial charge in [-0.3, -0.25) is 0 Å². The molecule has 10 heteroatoms. The Kier molecular flexibility index (Phi) is 4.59. The fourth-order valence-electron chi connectivity index (χ4n) is 1.37. The second-order valence-corrected chi connectivity index (χ2v) is 9.07. The molecule has 0 aliphatic rings. The normalized spacial score (nSPS) is 13.3. The first-order valence-corrected chi connectivity index (χ1v) is 9.23. The molecule has 2 heterocycles. The zero-order chi connectivity index (χ0) is 14.9. The van der Waals surface area contributed by atoms with Gasteiger partial charge in [-0.05, 0) is 35.0 Å². The predicted molar refractivity (Wildman–Crippen MR) is 79.8 cm³/mol. The van der Waals surface area contributed by atoms with Crippen LogP contribution in [0.25, 0.3) is 0 Å². The standard InChI is InChI=1S/C10H9BrN2O4S3/c1-5(9-12-6(4-18-9)10(14)15)13-20(16,17)8-3-2-7(11)19-8/h2-5,13H,1H3,(H,14,15). The molecule has 108 valence electrons. The van der Waals surface area contributed by atoms with Crippen molar-refractivity contribution in [2.75, 3.05) is 0 Å². The molecule has 2 N–H and O–H groups in total. The van der Waals surface area contributed by atoms with Crippen molar-refractivity contribution in [1.82, 2.24) is 9.71 Å². The van der Waals surface area contributed by atoms with Crippen LogP contribution in [0, 0.1) is 0 Å². The molecule has 0 bridgehead atoms. The van der Waals surface area contributed by atoms with Crippen molar-refractivity contribution in [2.45, 2.75) is 17.2 Å². The van der Waals surface area contributed by atoms with Crippen molar-refractivity contribution in [3.63, 3.8) is 0 Å². The number of carboxylic acids is 1. The summed E-state index contributed by atoms with van der Waals surface area (Å²) in [6, 6.07) is 2.54. The maximum Gasteiger partial charge on any atom is 0.355 e. The van der Waals surface area contributed by atoms with Crippen molar-refractivity contribution >= 4 is 54.6 Å². The molecule has 2 aromatic rings. The third kappa shape index (κ3) is 3.44. The van der Waals surface area contributed by atoms with Gasteiger partial charge in [-0.15, -0.1) is 22.7 Å². The van der Waals surface area contributed by atoms with Crippen LogP contribution in [-0.2, 0) is 10.0 Å². The minimum atomic E-state index is -3.64. The largest absolute Gasteiger partial charge is 0.476 e. The van der Waals surface area contributed by atoms with E-state index in [2.05, 4.69) is 25.6 Å². The summed E-state index contributed by atoms with van der Waals surface area (Å²) in [7, 11) is -3.64. The number of hydrogen-bond donors (Lipinski definition) is 2. The highest BCUT2D eigenvalue weighted by Gasteiger charge is 2.22. The maximum atomic E-state index is 12.1. The lowest BCUT2D eigenvalue weighted by molar-refractivity contribution is 0.0691. The van der Waals surface area contributed by atoms with Gasteiger partial charge >= 0.3 is 5.97 Å². The summed E-state index contributed by atoms with van der Waals surface area (Å²) >= 11 is 5.41. The van der Waals surface area contributed by atoms with E-state index >= 15 is 0 Å². The van der Waals surface area contributed by atoms with E-state index < -0.39 is 22.0 Å². The van der Waals surface area contributed by atoms with Crippen LogP contribution >= 0.6 is 38.6 Å². The van der Waals surface area contributed by atoms with Gasteiger partial charge in [-0.25, -0.2) is 22.9 Å². The first-order chi connectivity index (χ1) is 9.29. The van der Waals surface area contributed by atoms with Crippen LogP contribution in [-0.4, -0.2) is 24.5 Å². The van der Waals surface area contributed by atoms with E-state index in [0.717, 1.165) is 22.7 Å². The molecule has 1 unspecified atom stereocenters. The Bertz CT molecular complexity index is 737. The summed E-state index contributed by atoms with van der Waals surface area (Å²) in [5, 5.41) is 10.6. The minimum Gasteiger partial charge on any atom is -0.476 e. The molecular weight excluding hydrogens is 388 g/mol. The van der Waals surface area contributed by atoms with Gasteiger partial charge in [-0.1, -0.05) is 0 Å². The summed E-state index contributed by atoms with van der Waals surface area (Å²) in [6.07, 6.45) is 0. The zero-order valence-corrected chi connectivity index (χ0v) is 14.1. The molecule has 1 atom stereocenters. The monoisotopic (exact) mass is 396 g/mol. The highest BCUT2D eigenvalue weighted by atomic mass is 79.9. The SMILES string of the molecule is CC(NS(=O)(=O)c1ccc(Br)s1)c1nc(C(=O)O)cs1. The summed E-state index contributed by atoms with van der Waals surface area (Å²) in [6.45, 7) is 1.62. The highest BCUT2D eigenvalue weighted by Crippen LogP contribution is 2.27. The topological polar surface area (TPSA) is 96.4 Å². The molecule has 0 aliphatic heterocycles. The second-order valence-electron chi connectivity index (χ2n) is 3.78. The molecule has 0 radical (unpaired) electrons. The lowest BCUT2D eigenvalue weighted by Gasteiger charge is -2.10. The number of halogens is 1. The third-order valence-electron chi connectivity index (χ3n) is 2.26. The molecule has 0 aliphatic carbocycles. The van der Waals surface area contributed by atoms with Gasteiger partial charge in [0.15, 0.2) is 5.69 Å². The van der Waals surface area contributed by atoms with Crippen molar-refractivity contribution in [1.29, 1.82) is 0 Å². The fourth-order valence-corrected chi connectivity index (χ4v) is 5.48. The summed E-state index contributed by atoms with van der Waals surface area (Å²) in [4.78, 5) is 14.6. The summed E-state index contributed by atoms with van der Waals surface area (Å²) in [5.41, 5.74) is -0.0880. The Balaban J connectivity index is 2.18. The van der Waals surface area contributed by atoms with Crippen molar-refractivity contribution in [3.05, 3.63) is 32.0 Å². The highest BCUT2D eigenvalue weighted by molar-refractivity contribution is 9.11. The number of rotatable bonds is 5. The molecular formula is C10H9BrN2O4S3. The Morgan fingerprint density at radius 3 is 2.70 bits per heavy atom. The number of carboxylic acid groups (broad SMARTS) is 1. The van der Waals surface area contributed by atoms with Gasteiger partial charge in [0.05, 0.1) is 9.83 Å². The predicted octanol–water partition coefficient (Wildman–Crippen LogP) is 2.70. The molecule has 0 saturated carbocycles. The van der Waals surface area contributed by atoms with Gasteiger partial charge in [0.25, 0.3) is 10.0 Å². The molecule has 0 spiro atoms. The average molecular weight is 397 g/mol. The van der Waals surface area contributed by atoms with E-state index in [0.29, 0.717) is 8.79 Å². The van der Waals surface area contributed by atoms with Crippen molar-refractivity contribution in [3.8, 4) is 0 Å². The van der Waals surface area contributed by atoms with Gasteiger partial charge in [-0.2, -0.15) is 0 Å². The Morgan fingerprint density at radius 1 is 1.50 bits per heavy atom. The third-order valence-corrected chi connectivity index (χ3v) is 6.94. The van der Waals surface area contributed by atoms with Crippen LogP contribution < -0.4 is 4.72 Å². The first kappa shape index (κ1) is 15.6. The van der Waals surface area contributed by atoms with E-state index in [-0.39, 0.29) is 9.90 Å². The van der Waals surface area contributed by atoms with Crippen LogP contribution in [0.5, 0.6) is 0 Å². The number of hydrogen-bond acceptors (Lipinski definition) is 6. The van der Waals surface area contributed by atoms with Crippen molar-refractivity contribution in [2.24, 2.45) is 0 Å². The van der Waals surface area contributed by atoms with E-state index in [1.54, 1.807) is 13.0 Å². The lowest BCUT2D eigenvalue weighted by Crippen LogP contribution is -2.26. The molecule has 20 heavy (non-hydrogen) atoms. The number of aromatic carboxylic acids is 1. The molecule has 0 saturated heterocycles. The maximum absolute atomic E-state index is 12.1. The fraction of sp³-hybridized carbons (Fsp3) is 0.200. The quantitative estimate of drug-likeness (QED) is 0.809. The zero-order valence-electron chi connectivity index (χ0n) is 10.0. The summed E-state index contributed by atoms with van der Waals surface area (Å²) < 4.78 is 27.6. The van der Waals surface area contributed by atoms with Gasteiger partial charge in [0, 0.05) is 5.38 Å². The van der Waals surface area contributed by atoms with Crippen LogP contribution in [0.4, 0.5) is 0 Å². The number of thiophene rings is 1. The van der Waals surface area contributed by atoms with E-state index in [4.69, 9.17) is 5.11 Å². The molecule has 0 fully saturated rings. The average Bonchev–Trinajstić information content (AvgIpc) is 2.96. The number of nitrogens with one attached hydrogen (secondary N) is 1.